The van der Waals surface area contributed by atoms with Crippen molar-refractivity contribution in [3.8, 4) is 0 Å². The van der Waals surface area contributed by atoms with Gasteiger partial charge < -0.3 is 10.6 Å². The van der Waals surface area contributed by atoms with E-state index in [-0.39, 0.29) is 0 Å². The van der Waals surface area contributed by atoms with Gasteiger partial charge in [-0.05, 0) is 61.7 Å². The molecule has 0 aliphatic carbocycles. The Balaban J connectivity index is 1.86. The molecule has 2 heteroatoms. The van der Waals surface area contributed by atoms with Gasteiger partial charge in [0.05, 0.1) is 0 Å². The molecule has 2 atom stereocenters. The van der Waals surface area contributed by atoms with Crippen LogP contribution in [0.3, 0.4) is 0 Å². The molecule has 2 nitrogen and oxygen atoms in total. The van der Waals surface area contributed by atoms with Crippen LogP contribution < -0.4 is 10.6 Å². The molecule has 2 unspecified atom stereocenters. The van der Waals surface area contributed by atoms with E-state index in [9.17, 15) is 0 Å². The molecule has 2 aromatic rings. The quantitative estimate of drug-likeness (QED) is 0.887. The van der Waals surface area contributed by atoms with E-state index in [1.165, 1.54) is 48.7 Å². The Hall–Kier alpha value is -1.38. The molecular formula is C18H24N2. The first-order chi connectivity index (χ1) is 9.88. The van der Waals surface area contributed by atoms with Crippen LogP contribution in [0.25, 0.3) is 10.8 Å². The lowest BCUT2D eigenvalue weighted by molar-refractivity contribution is 0.322. The van der Waals surface area contributed by atoms with E-state index in [1.54, 1.807) is 0 Å². The van der Waals surface area contributed by atoms with Crippen LogP contribution >= 0.6 is 0 Å². The first-order valence-electron chi connectivity index (χ1n) is 7.74. The Kier molecular flexibility index (Phi) is 4.34. The lowest BCUT2D eigenvalue weighted by Gasteiger charge is -2.28. The van der Waals surface area contributed by atoms with Crippen molar-refractivity contribution in [2.24, 2.45) is 5.92 Å². The van der Waals surface area contributed by atoms with Gasteiger partial charge in [-0.2, -0.15) is 0 Å². The van der Waals surface area contributed by atoms with Crippen LogP contribution in [0, 0.1) is 5.92 Å². The predicted octanol–water partition coefficient (Wildman–Crippen LogP) is 3.49. The van der Waals surface area contributed by atoms with Gasteiger partial charge in [0, 0.05) is 6.04 Å². The molecule has 0 bridgehead atoms. The SMILES string of the molecule is CNC(CC1CCCNC1)c1cccc2ccccc12. The second kappa shape index (κ2) is 6.38. The van der Waals surface area contributed by atoms with Gasteiger partial charge in [0.25, 0.3) is 0 Å². The first kappa shape index (κ1) is 13.6. The summed E-state index contributed by atoms with van der Waals surface area (Å²) < 4.78 is 0. The molecule has 1 heterocycles. The summed E-state index contributed by atoms with van der Waals surface area (Å²) in [5.74, 6) is 0.792. The summed E-state index contributed by atoms with van der Waals surface area (Å²) in [6.07, 6.45) is 3.89. The fourth-order valence-corrected chi connectivity index (χ4v) is 3.41. The van der Waals surface area contributed by atoms with Crippen LogP contribution in [0.2, 0.25) is 0 Å². The zero-order chi connectivity index (χ0) is 13.8. The fourth-order valence-electron chi connectivity index (χ4n) is 3.41. The maximum absolute atomic E-state index is 3.53. The summed E-state index contributed by atoms with van der Waals surface area (Å²) in [6, 6.07) is 15.8. The predicted molar refractivity (Wildman–Crippen MR) is 86.0 cm³/mol. The smallest absolute Gasteiger partial charge is 0.0326 e. The van der Waals surface area contributed by atoms with Gasteiger partial charge in [0.1, 0.15) is 0 Å². The molecule has 20 heavy (non-hydrogen) atoms. The molecule has 3 rings (SSSR count). The number of benzene rings is 2. The van der Waals surface area contributed by atoms with E-state index >= 15 is 0 Å². The molecule has 1 aliphatic rings. The molecule has 1 aliphatic heterocycles. The van der Waals surface area contributed by atoms with E-state index in [4.69, 9.17) is 0 Å². The lowest BCUT2D eigenvalue weighted by atomic mass is 9.88. The summed E-state index contributed by atoms with van der Waals surface area (Å²) in [5, 5.41) is 9.78. The fraction of sp³-hybridized carbons (Fsp3) is 0.444. The molecule has 106 valence electrons. The van der Waals surface area contributed by atoms with Gasteiger partial charge in [0.15, 0.2) is 0 Å². The minimum absolute atomic E-state index is 0.450. The maximum Gasteiger partial charge on any atom is 0.0326 e. The monoisotopic (exact) mass is 268 g/mol. The summed E-state index contributed by atoms with van der Waals surface area (Å²) in [6.45, 7) is 2.36. The highest BCUT2D eigenvalue weighted by Gasteiger charge is 2.20. The standard InChI is InChI=1S/C18H24N2/c1-19-18(12-14-6-5-11-20-13-14)17-10-4-8-15-7-2-3-9-16(15)17/h2-4,7-10,14,18-20H,5-6,11-13H2,1H3. The Labute approximate surface area is 121 Å². The molecule has 0 amide bonds. The average Bonchev–Trinajstić information content (AvgIpc) is 2.53. The van der Waals surface area contributed by atoms with E-state index in [0.29, 0.717) is 6.04 Å². The highest BCUT2D eigenvalue weighted by Crippen LogP contribution is 2.30. The third-order valence-corrected chi connectivity index (χ3v) is 4.52. The van der Waals surface area contributed by atoms with Gasteiger partial charge in [-0.25, -0.2) is 0 Å². The van der Waals surface area contributed by atoms with Crippen molar-refractivity contribution in [2.75, 3.05) is 20.1 Å². The number of hydrogen-bond acceptors (Lipinski definition) is 2. The Bertz CT molecular complexity index is 553. The van der Waals surface area contributed by atoms with Crippen LogP contribution in [-0.4, -0.2) is 20.1 Å². The van der Waals surface area contributed by atoms with E-state index < -0.39 is 0 Å². The van der Waals surface area contributed by atoms with Crippen LogP contribution in [0.5, 0.6) is 0 Å². The minimum Gasteiger partial charge on any atom is -0.316 e. The number of fused-ring (bicyclic) bond motifs is 1. The van der Waals surface area contributed by atoms with Gasteiger partial charge in [-0.15, -0.1) is 0 Å². The largest absolute Gasteiger partial charge is 0.316 e. The summed E-state index contributed by atoms with van der Waals surface area (Å²) in [7, 11) is 2.09. The molecule has 1 saturated heterocycles. The highest BCUT2D eigenvalue weighted by molar-refractivity contribution is 5.86. The third kappa shape index (κ3) is 2.87. The van der Waals surface area contributed by atoms with Crippen molar-refractivity contribution < 1.29 is 0 Å². The Morgan fingerprint density at radius 1 is 1.20 bits per heavy atom. The zero-order valence-corrected chi connectivity index (χ0v) is 12.2. The average molecular weight is 268 g/mol. The molecule has 0 aromatic heterocycles. The molecule has 1 fully saturated rings. The summed E-state index contributed by atoms with van der Waals surface area (Å²) in [4.78, 5) is 0. The van der Waals surface area contributed by atoms with Gasteiger partial charge in [-0.1, -0.05) is 42.5 Å². The number of rotatable bonds is 4. The van der Waals surface area contributed by atoms with Crippen molar-refractivity contribution in [2.45, 2.75) is 25.3 Å². The second-order valence-electron chi connectivity index (χ2n) is 5.86. The van der Waals surface area contributed by atoms with Crippen LogP contribution in [0.1, 0.15) is 30.9 Å². The summed E-state index contributed by atoms with van der Waals surface area (Å²) in [5.41, 5.74) is 1.44. The topological polar surface area (TPSA) is 24.1 Å². The first-order valence-corrected chi connectivity index (χ1v) is 7.74. The second-order valence-corrected chi connectivity index (χ2v) is 5.86. The molecule has 2 aromatic carbocycles. The van der Waals surface area contributed by atoms with Crippen LogP contribution in [0.15, 0.2) is 42.5 Å². The zero-order valence-electron chi connectivity index (χ0n) is 12.2. The minimum atomic E-state index is 0.450. The van der Waals surface area contributed by atoms with E-state index in [2.05, 4.69) is 60.1 Å². The molecule has 0 spiro atoms. The van der Waals surface area contributed by atoms with Gasteiger partial charge >= 0.3 is 0 Å². The normalized spacial score (nSPS) is 20.9. The number of piperidine rings is 1. The van der Waals surface area contributed by atoms with Gasteiger partial charge in [-0.3, -0.25) is 0 Å². The van der Waals surface area contributed by atoms with Crippen LogP contribution in [0.4, 0.5) is 0 Å². The summed E-state index contributed by atoms with van der Waals surface area (Å²) >= 11 is 0. The Morgan fingerprint density at radius 2 is 2.05 bits per heavy atom. The maximum atomic E-state index is 3.53. The third-order valence-electron chi connectivity index (χ3n) is 4.52. The van der Waals surface area contributed by atoms with Gasteiger partial charge in [0.2, 0.25) is 0 Å². The lowest BCUT2D eigenvalue weighted by Crippen LogP contribution is -2.32. The van der Waals surface area contributed by atoms with Crippen molar-refractivity contribution in [3.63, 3.8) is 0 Å². The molecular weight excluding hydrogens is 244 g/mol. The number of nitrogens with one attached hydrogen (secondary N) is 2. The molecule has 0 saturated carbocycles. The van der Waals surface area contributed by atoms with Crippen molar-refractivity contribution in [1.29, 1.82) is 0 Å². The molecule has 2 N–H and O–H groups in total. The van der Waals surface area contributed by atoms with Crippen molar-refractivity contribution in [3.05, 3.63) is 48.0 Å². The van der Waals surface area contributed by atoms with E-state index in [1.807, 2.05) is 0 Å². The highest BCUT2D eigenvalue weighted by atomic mass is 14.9. The molecule has 0 radical (unpaired) electrons. The van der Waals surface area contributed by atoms with Crippen molar-refractivity contribution >= 4 is 10.8 Å². The Morgan fingerprint density at radius 3 is 2.85 bits per heavy atom. The van der Waals surface area contributed by atoms with E-state index in [0.717, 1.165) is 5.92 Å². The van der Waals surface area contributed by atoms with Crippen molar-refractivity contribution in [1.82, 2.24) is 10.6 Å². The number of hydrogen-bond donors (Lipinski definition) is 2. The van der Waals surface area contributed by atoms with Crippen LogP contribution in [-0.2, 0) is 0 Å².